The summed E-state index contributed by atoms with van der Waals surface area (Å²) in [6.07, 6.45) is 8.20. The average molecular weight is 380 g/mol. The third kappa shape index (κ3) is 4.05. The van der Waals surface area contributed by atoms with Gasteiger partial charge in [0.15, 0.2) is 5.65 Å². The zero-order valence-electron chi connectivity index (χ0n) is 16.1. The number of rotatable bonds is 5. The first-order valence-electron chi connectivity index (χ1n) is 9.54. The van der Waals surface area contributed by atoms with E-state index < -0.39 is 0 Å². The van der Waals surface area contributed by atoms with E-state index in [-0.39, 0.29) is 12.1 Å². The highest BCUT2D eigenvalue weighted by Crippen LogP contribution is 2.23. The van der Waals surface area contributed by atoms with Gasteiger partial charge in [0.05, 0.1) is 17.6 Å². The number of fused-ring (bicyclic) bond motifs is 1. The van der Waals surface area contributed by atoms with Gasteiger partial charge in [-0.05, 0) is 50.3 Å². The topological polar surface area (TPSA) is 94.0 Å². The first kappa shape index (κ1) is 18.2. The van der Waals surface area contributed by atoms with Crippen LogP contribution in [0.4, 0.5) is 10.5 Å². The van der Waals surface area contributed by atoms with Crippen LogP contribution in [0.15, 0.2) is 30.6 Å². The van der Waals surface area contributed by atoms with E-state index in [0.29, 0.717) is 18.1 Å². The van der Waals surface area contributed by atoms with Gasteiger partial charge in [-0.25, -0.2) is 14.8 Å². The van der Waals surface area contributed by atoms with Crippen LogP contribution in [-0.4, -0.2) is 31.9 Å². The molecule has 0 radical (unpaired) electrons. The SMILES string of the molecule is Cc1nn(C)c2ncc(NC(=O)NCc3ccnc(OC4CCCC4)c3)cc12. The number of nitrogens with one attached hydrogen (secondary N) is 2. The molecule has 3 heterocycles. The van der Waals surface area contributed by atoms with Gasteiger partial charge >= 0.3 is 6.03 Å². The highest BCUT2D eigenvalue weighted by atomic mass is 16.5. The Hall–Kier alpha value is -3.16. The molecule has 0 bridgehead atoms. The van der Waals surface area contributed by atoms with Crippen LogP contribution in [0, 0.1) is 6.92 Å². The van der Waals surface area contributed by atoms with Gasteiger partial charge in [0.2, 0.25) is 5.88 Å². The zero-order valence-corrected chi connectivity index (χ0v) is 16.1. The molecule has 4 rings (SSSR count). The van der Waals surface area contributed by atoms with Crippen molar-refractivity contribution in [2.24, 2.45) is 7.05 Å². The van der Waals surface area contributed by atoms with Crippen molar-refractivity contribution in [2.45, 2.75) is 45.3 Å². The van der Waals surface area contributed by atoms with E-state index in [2.05, 4.69) is 25.7 Å². The van der Waals surface area contributed by atoms with Gasteiger partial charge in [-0.1, -0.05) is 0 Å². The van der Waals surface area contributed by atoms with Crippen molar-refractivity contribution < 1.29 is 9.53 Å². The van der Waals surface area contributed by atoms with Crippen molar-refractivity contribution in [3.05, 3.63) is 41.9 Å². The number of anilines is 1. The highest BCUT2D eigenvalue weighted by Gasteiger charge is 2.17. The fourth-order valence-electron chi connectivity index (χ4n) is 3.54. The monoisotopic (exact) mass is 380 g/mol. The van der Waals surface area contributed by atoms with Crippen LogP contribution in [0.25, 0.3) is 11.0 Å². The molecule has 8 heteroatoms. The molecule has 146 valence electrons. The van der Waals surface area contributed by atoms with E-state index in [1.165, 1.54) is 12.8 Å². The number of urea groups is 1. The standard InChI is InChI=1S/C20H24N6O2/c1-13-17-10-15(12-22-19(17)26(2)25-13)24-20(27)23-11-14-7-8-21-18(9-14)28-16-5-3-4-6-16/h7-10,12,16H,3-6,11H2,1-2H3,(H2,23,24,27). The van der Waals surface area contributed by atoms with Gasteiger partial charge in [-0.2, -0.15) is 5.10 Å². The van der Waals surface area contributed by atoms with Gasteiger partial charge in [0, 0.05) is 31.2 Å². The quantitative estimate of drug-likeness (QED) is 0.708. The second-order valence-corrected chi connectivity index (χ2v) is 7.14. The molecular weight excluding hydrogens is 356 g/mol. The van der Waals surface area contributed by atoms with Crippen LogP contribution in [0.1, 0.15) is 36.9 Å². The molecule has 1 aliphatic carbocycles. The molecule has 2 amide bonds. The molecule has 8 nitrogen and oxygen atoms in total. The Balaban J connectivity index is 1.35. The first-order valence-corrected chi connectivity index (χ1v) is 9.54. The van der Waals surface area contributed by atoms with Gasteiger partial charge in [-0.3, -0.25) is 4.68 Å². The summed E-state index contributed by atoms with van der Waals surface area (Å²) in [6.45, 7) is 2.31. The number of hydrogen-bond donors (Lipinski definition) is 2. The highest BCUT2D eigenvalue weighted by molar-refractivity contribution is 5.92. The van der Waals surface area contributed by atoms with Crippen molar-refractivity contribution in [3.8, 4) is 5.88 Å². The lowest BCUT2D eigenvalue weighted by Crippen LogP contribution is -2.28. The zero-order chi connectivity index (χ0) is 19.5. The molecule has 1 saturated carbocycles. The molecule has 0 atom stereocenters. The fourth-order valence-corrected chi connectivity index (χ4v) is 3.54. The third-order valence-corrected chi connectivity index (χ3v) is 4.96. The molecule has 1 aliphatic rings. The molecule has 2 N–H and O–H groups in total. The molecular formula is C20H24N6O2. The Kier molecular flexibility index (Phi) is 5.10. The van der Waals surface area contributed by atoms with Crippen molar-refractivity contribution in [1.82, 2.24) is 25.1 Å². The van der Waals surface area contributed by atoms with Crippen LogP contribution >= 0.6 is 0 Å². The number of nitrogens with zero attached hydrogens (tertiary/aromatic N) is 4. The molecule has 1 fully saturated rings. The largest absolute Gasteiger partial charge is 0.474 e. The van der Waals surface area contributed by atoms with Crippen LogP contribution in [-0.2, 0) is 13.6 Å². The van der Waals surface area contributed by atoms with Crippen LogP contribution in [0.2, 0.25) is 0 Å². The summed E-state index contributed by atoms with van der Waals surface area (Å²) in [5, 5.41) is 10.9. The number of pyridine rings is 2. The van der Waals surface area contributed by atoms with Crippen molar-refractivity contribution in [2.75, 3.05) is 5.32 Å². The number of ether oxygens (including phenoxy) is 1. The minimum Gasteiger partial charge on any atom is -0.474 e. The van der Waals surface area contributed by atoms with Gasteiger partial charge in [-0.15, -0.1) is 0 Å². The van der Waals surface area contributed by atoms with E-state index in [0.717, 1.165) is 35.1 Å². The number of hydrogen-bond acceptors (Lipinski definition) is 5. The minimum absolute atomic E-state index is 0.261. The summed E-state index contributed by atoms with van der Waals surface area (Å²) < 4.78 is 7.64. The van der Waals surface area contributed by atoms with Crippen molar-refractivity contribution >= 4 is 22.8 Å². The van der Waals surface area contributed by atoms with Crippen molar-refractivity contribution in [1.29, 1.82) is 0 Å². The molecule has 0 aliphatic heterocycles. The van der Waals surface area contributed by atoms with E-state index in [4.69, 9.17) is 4.74 Å². The Morgan fingerprint density at radius 2 is 2.11 bits per heavy atom. The summed E-state index contributed by atoms with van der Waals surface area (Å²) in [4.78, 5) is 20.9. The molecule has 3 aromatic rings. The second kappa shape index (κ2) is 7.84. The van der Waals surface area contributed by atoms with Crippen LogP contribution in [0.3, 0.4) is 0 Å². The summed E-state index contributed by atoms with van der Waals surface area (Å²) in [6, 6.07) is 5.34. The summed E-state index contributed by atoms with van der Waals surface area (Å²) >= 11 is 0. The molecule has 0 unspecified atom stereocenters. The number of amides is 2. The van der Waals surface area contributed by atoms with Gasteiger partial charge < -0.3 is 15.4 Å². The predicted molar refractivity (Wildman–Crippen MR) is 106 cm³/mol. The molecule has 0 saturated heterocycles. The normalized spacial score (nSPS) is 14.4. The van der Waals surface area contributed by atoms with Crippen LogP contribution in [0.5, 0.6) is 5.88 Å². The Bertz CT molecular complexity index is 994. The lowest BCUT2D eigenvalue weighted by atomic mass is 10.2. The molecule has 0 spiro atoms. The van der Waals surface area contributed by atoms with Gasteiger partial charge in [0.25, 0.3) is 0 Å². The average Bonchev–Trinajstić information content (AvgIpc) is 3.28. The molecule has 3 aromatic heterocycles. The maximum atomic E-state index is 12.3. The van der Waals surface area contributed by atoms with E-state index in [9.17, 15) is 4.79 Å². The number of aryl methyl sites for hydroxylation is 2. The number of carbonyl (C=O) groups excluding carboxylic acids is 1. The summed E-state index contributed by atoms with van der Waals surface area (Å²) in [7, 11) is 1.85. The second-order valence-electron chi connectivity index (χ2n) is 7.14. The third-order valence-electron chi connectivity index (χ3n) is 4.96. The van der Waals surface area contributed by atoms with E-state index in [1.54, 1.807) is 17.1 Å². The molecule has 0 aromatic carbocycles. The Morgan fingerprint density at radius 1 is 1.29 bits per heavy atom. The van der Waals surface area contributed by atoms with Crippen LogP contribution < -0.4 is 15.4 Å². The smallest absolute Gasteiger partial charge is 0.319 e. The van der Waals surface area contributed by atoms with E-state index >= 15 is 0 Å². The Morgan fingerprint density at radius 3 is 2.93 bits per heavy atom. The van der Waals surface area contributed by atoms with Crippen molar-refractivity contribution in [3.63, 3.8) is 0 Å². The van der Waals surface area contributed by atoms with Gasteiger partial charge in [0.1, 0.15) is 6.10 Å². The number of aromatic nitrogens is 4. The first-order chi connectivity index (χ1) is 13.6. The molecule has 28 heavy (non-hydrogen) atoms. The minimum atomic E-state index is -0.294. The summed E-state index contributed by atoms with van der Waals surface area (Å²) in [5.41, 5.74) is 3.23. The lowest BCUT2D eigenvalue weighted by molar-refractivity contribution is 0.201. The number of carbonyl (C=O) groups is 1. The lowest BCUT2D eigenvalue weighted by Gasteiger charge is -2.13. The maximum Gasteiger partial charge on any atom is 0.319 e. The summed E-state index contributed by atoms with van der Waals surface area (Å²) in [5.74, 6) is 0.619. The fraction of sp³-hybridized carbons (Fsp3) is 0.400. The maximum absolute atomic E-state index is 12.3. The Labute approximate surface area is 163 Å². The predicted octanol–water partition coefficient (Wildman–Crippen LogP) is 3.31. The van der Waals surface area contributed by atoms with E-state index in [1.807, 2.05) is 32.2 Å².